The first-order valence-corrected chi connectivity index (χ1v) is 11.6. The number of halogens is 2. The zero-order valence-electron chi connectivity index (χ0n) is 19.1. The number of rotatable bonds is 4. The highest BCUT2D eigenvalue weighted by Crippen LogP contribution is 2.25. The summed E-state index contributed by atoms with van der Waals surface area (Å²) >= 11 is 12.0. The molecule has 34 heavy (non-hydrogen) atoms. The van der Waals surface area contributed by atoms with Crippen LogP contribution in [-0.2, 0) is 24.2 Å². The molecular weight excluding hydrogens is 477 g/mol. The molecule has 0 fully saturated rings. The second kappa shape index (κ2) is 9.64. The van der Waals surface area contributed by atoms with Gasteiger partial charge in [-0.1, -0.05) is 40.5 Å². The molecule has 0 aliphatic carbocycles. The van der Waals surface area contributed by atoms with Gasteiger partial charge in [-0.3, -0.25) is 4.79 Å². The number of fused-ring (bicyclic) bond motifs is 1. The molecule has 1 aromatic heterocycles. The van der Waals surface area contributed by atoms with Gasteiger partial charge in [-0.05, 0) is 68.1 Å². The minimum atomic E-state index is -0.533. The van der Waals surface area contributed by atoms with E-state index in [1.54, 1.807) is 27.9 Å². The van der Waals surface area contributed by atoms with Crippen molar-refractivity contribution < 1.29 is 14.3 Å². The summed E-state index contributed by atoms with van der Waals surface area (Å²) in [4.78, 5) is 26.7. The van der Waals surface area contributed by atoms with E-state index >= 15 is 0 Å². The quantitative estimate of drug-likeness (QED) is 0.531. The molecule has 2 aromatic carbocycles. The van der Waals surface area contributed by atoms with Gasteiger partial charge in [-0.2, -0.15) is 0 Å². The number of benzene rings is 2. The van der Waals surface area contributed by atoms with Gasteiger partial charge in [-0.15, -0.1) is 5.10 Å². The Labute approximate surface area is 207 Å². The fourth-order valence-electron chi connectivity index (χ4n) is 3.61. The molecule has 2 amide bonds. The third-order valence-corrected chi connectivity index (χ3v) is 5.97. The van der Waals surface area contributed by atoms with Gasteiger partial charge in [0.2, 0.25) is 0 Å². The van der Waals surface area contributed by atoms with Crippen LogP contribution in [0.4, 0.5) is 10.5 Å². The molecule has 1 N–H and O–H groups in total. The van der Waals surface area contributed by atoms with Crippen LogP contribution in [0.1, 0.15) is 48.0 Å². The molecule has 4 rings (SSSR count). The second-order valence-corrected chi connectivity index (χ2v) is 9.95. The van der Waals surface area contributed by atoms with Crippen LogP contribution in [0.15, 0.2) is 42.6 Å². The van der Waals surface area contributed by atoms with Crippen LogP contribution in [0.2, 0.25) is 10.0 Å². The van der Waals surface area contributed by atoms with Crippen LogP contribution in [0.25, 0.3) is 0 Å². The van der Waals surface area contributed by atoms with Crippen molar-refractivity contribution in [3.8, 4) is 0 Å². The number of amides is 2. The average Bonchev–Trinajstić information content (AvgIpc) is 3.23. The highest BCUT2D eigenvalue weighted by Gasteiger charge is 2.26. The molecule has 0 bridgehead atoms. The summed E-state index contributed by atoms with van der Waals surface area (Å²) in [6.45, 7) is 6.99. The first-order valence-electron chi connectivity index (χ1n) is 10.8. The number of anilines is 1. The number of ether oxygens (including phenoxy) is 1. The summed E-state index contributed by atoms with van der Waals surface area (Å²) in [5.74, 6) is -0.355. The molecular formula is C24H25Cl2N5O3. The summed E-state index contributed by atoms with van der Waals surface area (Å²) in [5, 5.41) is 11.8. The van der Waals surface area contributed by atoms with Gasteiger partial charge in [-0.25, -0.2) is 9.48 Å². The van der Waals surface area contributed by atoms with Gasteiger partial charge in [0.15, 0.2) is 5.69 Å². The summed E-state index contributed by atoms with van der Waals surface area (Å²) in [5.41, 5.74) is 3.34. The first kappa shape index (κ1) is 24.0. The van der Waals surface area contributed by atoms with Crippen LogP contribution < -0.4 is 5.32 Å². The largest absolute Gasteiger partial charge is 0.444 e. The number of carbonyl (C=O) groups is 2. The van der Waals surface area contributed by atoms with Gasteiger partial charge in [0.05, 0.1) is 22.8 Å². The van der Waals surface area contributed by atoms with Gasteiger partial charge in [0.25, 0.3) is 5.91 Å². The Balaban J connectivity index is 1.38. The number of carbonyl (C=O) groups excluding carboxylic acids is 2. The normalized spacial score (nSPS) is 13.4. The Bertz CT molecular complexity index is 1240. The number of nitrogens with zero attached hydrogens (tertiary/aromatic N) is 4. The lowest BCUT2D eigenvalue weighted by molar-refractivity contribution is 0.0224. The van der Waals surface area contributed by atoms with E-state index in [0.717, 1.165) is 16.7 Å². The smallest absolute Gasteiger partial charge is 0.410 e. The molecule has 2 heterocycles. The predicted octanol–water partition coefficient (Wildman–Crippen LogP) is 5.18. The third kappa shape index (κ3) is 5.87. The van der Waals surface area contributed by atoms with Gasteiger partial charge in [0, 0.05) is 18.8 Å². The summed E-state index contributed by atoms with van der Waals surface area (Å²) in [7, 11) is 0. The van der Waals surface area contributed by atoms with Crippen molar-refractivity contribution in [3.63, 3.8) is 0 Å². The van der Waals surface area contributed by atoms with Crippen LogP contribution in [0.5, 0.6) is 0 Å². The zero-order valence-corrected chi connectivity index (χ0v) is 20.7. The van der Waals surface area contributed by atoms with E-state index in [4.69, 9.17) is 27.9 Å². The number of hydrogen-bond donors (Lipinski definition) is 1. The van der Waals surface area contributed by atoms with Crippen molar-refractivity contribution in [1.29, 1.82) is 0 Å². The molecule has 3 aromatic rings. The summed E-state index contributed by atoms with van der Waals surface area (Å²) in [6, 6.07) is 11.0. The Morgan fingerprint density at radius 3 is 2.62 bits per heavy atom. The molecule has 0 atom stereocenters. The average molecular weight is 502 g/mol. The minimum Gasteiger partial charge on any atom is -0.444 e. The van der Waals surface area contributed by atoms with Crippen LogP contribution in [0.3, 0.4) is 0 Å². The summed E-state index contributed by atoms with van der Waals surface area (Å²) in [6.07, 6.45) is 1.94. The molecule has 0 saturated heterocycles. The number of aromatic nitrogens is 3. The Morgan fingerprint density at radius 1 is 1.09 bits per heavy atom. The van der Waals surface area contributed by atoms with E-state index in [-0.39, 0.29) is 17.7 Å². The summed E-state index contributed by atoms with van der Waals surface area (Å²) < 4.78 is 7.03. The lowest BCUT2D eigenvalue weighted by atomic mass is 9.99. The van der Waals surface area contributed by atoms with E-state index < -0.39 is 5.60 Å². The molecule has 0 spiro atoms. The molecule has 178 valence electrons. The topological polar surface area (TPSA) is 89.4 Å². The molecule has 0 saturated carbocycles. The monoisotopic (exact) mass is 501 g/mol. The second-order valence-electron chi connectivity index (χ2n) is 9.14. The number of hydrogen-bond acceptors (Lipinski definition) is 5. The molecule has 1 aliphatic rings. The molecule has 8 nitrogen and oxygen atoms in total. The highest BCUT2D eigenvalue weighted by molar-refractivity contribution is 6.42. The van der Waals surface area contributed by atoms with E-state index in [2.05, 4.69) is 15.6 Å². The maximum Gasteiger partial charge on any atom is 0.410 e. The van der Waals surface area contributed by atoms with Crippen molar-refractivity contribution in [3.05, 3.63) is 75.0 Å². The van der Waals surface area contributed by atoms with E-state index in [1.807, 2.05) is 45.0 Å². The minimum absolute atomic E-state index is 0.203. The third-order valence-electron chi connectivity index (χ3n) is 5.23. The molecule has 1 aliphatic heterocycles. The van der Waals surface area contributed by atoms with Crippen molar-refractivity contribution in [2.75, 3.05) is 11.9 Å². The first-order chi connectivity index (χ1) is 16.1. The van der Waals surface area contributed by atoms with Crippen molar-refractivity contribution in [1.82, 2.24) is 19.9 Å². The standard InChI is InChI=1S/C24H25Cl2N5O3/c1-24(2,3)34-23(33)30-9-8-16-11-18(6-5-17(16)13-30)27-22(32)21-14-31(29-28-21)12-15-4-7-19(25)20(26)10-15/h4-7,10-11,14H,8-9,12-13H2,1-3H3,(H,27,32). The van der Waals surface area contributed by atoms with Crippen LogP contribution in [0, 0.1) is 0 Å². The lowest BCUT2D eigenvalue weighted by Gasteiger charge is -2.31. The van der Waals surface area contributed by atoms with E-state index in [0.29, 0.717) is 41.8 Å². The van der Waals surface area contributed by atoms with E-state index in [1.165, 1.54) is 0 Å². The molecule has 10 heteroatoms. The zero-order chi connectivity index (χ0) is 24.5. The fraction of sp³-hybridized carbons (Fsp3) is 0.333. The van der Waals surface area contributed by atoms with Crippen molar-refractivity contribution in [2.24, 2.45) is 0 Å². The van der Waals surface area contributed by atoms with Gasteiger partial charge in [0.1, 0.15) is 5.60 Å². The van der Waals surface area contributed by atoms with Gasteiger partial charge >= 0.3 is 6.09 Å². The predicted molar refractivity (Wildman–Crippen MR) is 130 cm³/mol. The van der Waals surface area contributed by atoms with Crippen molar-refractivity contribution in [2.45, 2.75) is 45.9 Å². The Morgan fingerprint density at radius 2 is 1.88 bits per heavy atom. The van der Waals surface area contributed by atoms with Crippen LogP contribution in [-0.4, -0.2) is 44.0 Å². The molecule has 0 radical (unpaired) electrons. The van der Waals surface area contributed by atoms with Crippen molar-refractivity contribution >= 4 is 40.9 Å². The molecule has 0 unspecified atom stereocenters. The fourth-order valence-corrected chi connectivity index (χ4v) is 3.93. The maximum atomic E-state index is 12.7. The number of nitrogens with one attached hydrogen (secondary N) is 1. The van der Waals surface area contributed by atoms with Crippen LogP contribution >= 0.6 is 23.2 Å². The SMILES string of the molecule is CC(C)(C)OC(=O)N1CCc2cc(NC(=O)c3cn(Cc4ccc(Cl)c(Cl)c4)nn3)ccc2C1. The van der Waals surface area contributed by atoms with Gasteiger partial charge < -0.3 is 15.0 Å². The lowest BCUT2D eigenvalue weighted by Crippen LogP contribution is -2.39. The highest BCUT2D eigenvalue weighted by atomic mass is 35.5. The van der Waals surface area contributed by atoms with E-state index in [9.17, 15) is 9.59 Å². The Kier molecular flexibility index (Phi) is 6.81. The Hall–Kier alpha value is -3.10. The maximum absolute atomic E-state index is 12.7.